The zero-order chi connectivity index (χ0) is 14.0. The third-order valence-corrected chi connectivity index (χ3v) is 4.39. The Morgan fingerprint density at radius 2 is 2.11 bits per heavy atom. The van der Waals surface area contributed by atoms with E-state index in [1.807, 2.05) is 29.9 Å². The number of rotatable bonds is 4. The number of ether oxygens (including phenoxy) is 1. The van der Waals surface area contributed by atoms with E-state index in [4.69, 9.17) is 10.5 Å². The normalized spacial score (nSPS) is 10.7. The molecule has 0 saturated carbocycles. The summed E-state index contributed by atoms with van der Waals surface area (Å²) >= 11 is 7.00. The summed E-state index contributed by atoms with van der Waals surface area (Å²) in [6, 6.07) is 5.60. The highest BCUT2D eigenvalue weighted by atomic mass is 79.9. The summed E-state index contributed by atoms with van der Waals surface area (Å²) in [6.45, 7) is 2.49. The average Bonchev–Trinajstić information content (AvgIpc) is 2.65. The van der Waals surface area contributed by atoms with Crippen LogP contribution in [0.4, 0.5) is 5.69 Å². The van der Waals surface area contributed by atoms with Gasteiger partial charge in [-0.05, 0) is 50.4 Å². The maximum Gasteiger partial charge on any atom is 0.156 e. The van der Waals surface area contributed by atoms with Crippen LogP contribution >= 0.6 is 31.9 Å². The zero-order valence-electron chi connectivity index (χ0n) is 10.8. The fraction of sp³-hybridized carbons (Fsp3) is 0.308. The number of benzene rings is 1. The van der Waals surface area contributed by atoms with E-state index < -0.39 is 0 Å². The van der Waals surface area contributed by atoms with Crippen molar-refractivity contribution in [3.63, 3.8) is 0 Å². The summed E-state index contributed by atoms with van der Waals surface area (Å²) in [5, 5.41) is 4.43. The number of para-hydroxylation sites is 1. The zero-order valence-corrected chi connectivity index (χ0v) is 14.0. The van der Waals surface area contributed by atoms with Crippen LogP contribution in [0.15, 0.2) is 27.1 Å². The second kappa shape index (κ2) is 5.96. The first-order valence-electron chi connectivity index (χ1n) is 5.91. The Balaban J connectivity index is 2.22. The quantitative estimate of drug-likeness (QED) is 0.813. The second-order valence-electron chi connectivity index (χ2n) is 4.13. The minimum Gasteiger partial charge on any atom is -0.484 e. The summed E-state index contributed by atoms with van der Waals surface area (Å²) in [5.74, 6) is 0.661. The number of nitrogens with zero attached hydrogens (tertiary/aromatic N) is 2. The number of aromatic nitrogens is 2. The molecule has 1 aromatic heterocycles. The van der Waals surface area contributed by atoms with E-state index in [2.05, 4.69) is 43.9 Å². The molecule has 0 saturated heterocycles. The predicted molar refractivity (Wildman–Crippen MR) is 83.2 cm³/mol. The fourth-order valence-electron chi connectivity index (χ4n) is 1.79. The second-order valence-corrected chi connectivity index (χ2v) is 5.78. The molecule has 0 unspecified atom stereocenters. The lowest BCUT2D eigenvalue weighted by Gasteiger charge is -2.11. The van der Waals surface area contributed by atoms with Gasteiger partial charge in [-0.15, -0.1) is 0 Å². The van der Waals surface area contributed by atoms with Gasteiger partial charge in [-0.25, -0.2) is 0 Å². The van der Waals surface area contributed by atoms with Crippen LogP contribution in [0.5, 0.6) is 5.75 Å². The standard InChI is InChI=1S/C13H15Br2N3O/c1-3-10-12(15)11(18(2)17-10)7-19-13-8(14)5-4-6-9(13)16/h4-6H,3,7,16H2,1-2H3. The lowest BCUT2D eigenvalue weighted by Crippen LogP contribution is -2.05. The first-order valence-corrected chi connectivity index (χ1v) is 7.50. The van der Waals surface area contributed by atoms with Gasteiger partial charge < -0.3 is 10.5 Å². The molecular formula is C13H15Br2N3O. The SMILES string of the molecule is CCc1nn(C)c(COc2c(N)cccc2Br)c1Br. The first kappa shape index (κ1) is 14.4. The lowest BCUT2D eigenvalue weighted by molar-refractivity contribution is 0.294. The van der Waals surface area contributed by atoms with E-state index in [0.717, 1.165) is 26.8 Å². The van der Waals surface area contributed by atoms with Gasteiger partial charge in [0.2, 0.25) is 0 Å². The van der Waals surface area contributed by atoms with Crippen molar-refractivity contribution in [2.24, 2.45) is 7.05 Å². The van der Waals surface area contributed by atoms with Crippen molar-refractivity contribution in [2.75, 3.05) is 5.73 Å². The van der Waals surface area contributed by atoms with Gasteiger partial charge in [0.1, 0.15) is 6.61 Å². The Hall–Kier alpha value is -1.01. The molecule has 2 aromatic rings. The number of aryl methyl sites for hydroxylation is 2. The molecule has 1 heterocycles. The monoisotopic (exact) mass is 387 g/mol. The molecule has 19 heavy (non-hydrogen) atoms. The molecule has 2 N–H and O–H groups in total. The molecular weight excluding hydrogens is 374 g/mol. The lowest BCUT2D eigenvalue weighted by atomic mass is 10.3. The molecule has 1 aromatic carbocycles. The molecule has 0 atom stereocenters. The van der Waals surface area contributed by atoms with Gasteiger partial charge in [-0.1, -0.05) is 13.0 Å². The fourth-order valence-corrected chi connectivity index (χ4v) is 3.02. The number of anilines is 1. The summed E-state index contributed by atoms with van der Waals surface area (Å²) in [4.78, 5) is 0. The van der Waals surface area contributed by atoms with Crippen LogP contribution in [0.2, 0.25) is 0 Å². The smallest absolute Gasteiger partial charge is 0.156 e. The highest BCUT2D eigenvalue weighted by molar-refractivity contribution is 9.10. The number of hydrogen-bond acceptors (Lipinski definition) is 3. The molecule has 0 aliphatic rings. The van der Waals surface area contributed by atoms with Crippen LogP contribution in [-0.4, -0.2) is 9.78 Å². The third kappa shape index (κ3) is 2.95. The van der Waals surface area contributed by atoms with Crippen molar-refractivity contribution in [2.45, 2.75) is 20.0 Å². The van der Waals surface area contributed by atoms with Crippen LogP contribution in [0, 0.1) is 0 Å². The largest absolute Gasteiger partial charge is 0.484 e. The summed E-state index contributed by atoms with van der Waals surface area (Å²) in [6.07, 6.45) is 0.881. The van der Waals surface area contributed by atoms with Gasteiger partial charge in [0.15, 0.2) is 5.75 Å². The van der Waals surface area contributed by atoms with E-state index in [0.29, 0.717) is 18.0 Å². The van der Waals surface area contributed by atoms with Crippen LogP contribution < -0.4 is 10.5 Å². The van der Waals surface area contributed by atoms with Crippen LogP contribution in [0.1, 0.15) is 18.3 Å². The molecule has 0 fully saturated rings. The minimum absolute atomic E-state index is 0.414. The van der Waals surface area contributed by atoms with Gasteiger partial charge in [-0.2, -0.15) is 5.10 Å². The van der Waals surface area contributed by atoms with Crippen LogP contribution in [-0.2, 0) is 20.1 Å². The Kier molecular flexibility index (Phi) is 4.52. The number of halogens is 2. The molecule has 0 radical (unpaired) electrons. The highest BCUT2D eigenvalue weighted by Gasteiger charge is 2.14. The predicted octanol–water partition coefficient (Wildman–Crippen LogP) is 3.67. The number of hydrogen-bond donors (Lipinski definition) is 1. The Morgan fingerprint density at radius 3 is 2.68 bits per heavy atom. The van der Waals surface area contributed by atoms with Gasteiger partial charge in [0.25, 0.3) is 0 Å². The molecule has 0 aliphatic heterocycles. The van der Waals surface area contributed by atoms with Gasteiger partial charge in [0.05, 0.1) is 26.0 Å². The highest BCUT2D eigenvalue weighted by Crippen LogP contribution is 2.32. The van der Waals surface area contributed by atoms with Crippen molar-refractivity contribution < 1.29 is 4.74 Å². The van der Waals surface area contributed by atoms with E-state index in [1.165, 1.54) is 0 Å². The topological polar surface area (TPSA) is 53.1 Å². The van der Waals surface area contributed by atoms with E-state index in [-0.39, 0.29) is 0 Å². The summed E-state index contributed by atoms with van der Waals surface area (Å²) in [5.41, 5.74) is 8.54. The van der Waals surface area contributed by atoms with Crippen LogP contribution in [0.3, 0.4) is 0 Å². The Labute approximate surface area is 129 Å². The van der Waals surface area contributed by atoms with E-state index in [9.17, 15) is 0 Å². The van der Waals surface area contributed by atoms with Crippen molar-refractivity contribution >= 4 is 37.5 Å². The van der Waals surface area contributed by atoms with E-state index >= 15 is 0 Å². The van der Waals surface area contributed by atoms with Gasteiger partial charge >= 0.3 is 0 Å². The Bertz CT molecular complexity index is 576. The van der Waals surface area contributed by atoms with Crippen molar-refractivity contribution in [3.05, 3.63) is 38.5 Å². The molecule has 0 spiro atoms. The molecule has 2 rings (SSSR count). The molecule has 0 amide bonds. The van der Waals surface area contributed by atoms with Crippen molar-refractivity contribution in [1.29, 1.82) is 0 Å². The van der Waals surface area contributed by atoms with Gasteiger partial charge in [0, 0.05) is 7.05 Å². The first-order chi connectivity index (χ1) is 9.04. The number of nitrogens with two attached hydrogens (primary N) is 1. The summed E-state index contributed by atoms with van der Waals surface area (Å²) in [7, 11) is 1.91. The molecule has 0 bridgehead atoms. The van der Waals surface area contributed by atoms with Crippen molar-refractivity contribution in [1.82, 2.24) is 9.78 Å². The molecule has 0 aliphatic carbocycles. The van der Waals surface area contributed by atoms with Crippen molar-refractivity contribution in [3.8, 4) is 5.75 Å². The molecule has 6 heteroatoms. The maximum atomic E-state index is 5.90. The minimum atomic E-state index is 0.414. The molecule has 4 nitrogen and oxygen atoms in total. The Morgan fingerprint density at radius 1 is 1.37 bits per heavy atom. The third-order valence-electron chi connectivity index (χ3n) is 2.85. The molecule has 102 valence electrons. The van der Waals surface area contributed by atoms with Crippen LogP contribution in [0.25, 0.3) is 0 Å². The summed E-state index contributed by atoms with van der Waals surface area (Å²) < 4.78 is 9.49. The van der Waals surface area contributed by atoms with E-state index in [1.54, 1.807) is 0 Å². The average molecular weight is 389 g/mol. The van der Waals surface area contributed by atoms with Gasteiger partial charge in [-0.3, -0.25) is 4.68 Å². The maximum absolute atomic E-state index is 5.90. The number of nitrogen functional groups attached to an aromatic ring is 1.